The first-order chi connectivity index (χ1) is 12.7. The summed E-state index contributed by atoms with van der Waals surface area (Å²) in [6, 6.07) is 9.47. The maximum Gasteiger partial charge on any atom is 0.253 e. The minimum Gasteiger partial charge on any atom is -0.355 e. The Hall–Kier alpha value is -2.36. The normalized spacial score (nSPS) is 25.9. The fourth-order valence-corrected chi connectivity index (χ4v) is 4.33. The van der Waals surface area contributed by atoms with Crippen molar-refractivity contribution in [2.75, 3.05) is 19.6 Å². The zero-order valence-corrected chi connectivity index (χ0v) is 15.1. The van der Waals surface area contributed by atoms with E-state index in [-0.39, 0.29) is 23.1 Å². The fourth-order valence-electron chi connectivity index (χ4n) is 4.33. The largest absolute Gasteiger partial charge is 0.355 e. The van der Waals surface area contributed by atoms with Gasteiger partial charge in [-0.25, -0.2) is 0 Å². The van der Waals surface area contributed by atoms with Gasteiger partial charge in [-0.15, -0.1) is 0 Å². The number of rotatable bonds is 4. The molecule has 2 aliphatic carbocycles. The molecule has 3 aliphatic rings. The molecular weight excluding hydrogens is 324 g/mol. The highest BCUT2D eigenvalue weighted by Crippen LogP contribution is 2.59. The van der Waals surface area contributed by atoms with Crippen LogP contribution >= 0.6 is 0 Å². The highest BCUT2D eigenvalue weighted by molar-refractivity contribution is 5.94. The lowest BCUT2D eigenvalue weighted by atomic mass is 9.90. The third-order valence-corrected chi connectivity index (χ3v) is 6.18. The molecule has 1 aromatic carbocycles. The first kappa shape index (κ1) is 17.1. The highest BCUT2D eigenvalue weighted by Gasteiger charge is 2.58. The summed E-state index contributed by atoms with van der Waals surface area (Å²) in [6.07, 6.45) is 12.3. The number of nitrogens with zero attached hydrogens (tertiary/aromatic N) is 1. The Kier molecular flexibility index (Phi) is 4.66. The second-order valence-corrected chi connectivity index (χ2v) is 7.83. The van der Waals surface area contributed by atoms with E-state index in [1.807, 2.05) is 35.2 Å². The van der Waals surface area contributed by atoms with E-state index in [0.29, 0.717) is 5.92 Å². The Labute approximate surface area is 155 Å². The molecule has 0 bridgehead atoms. The van der Waals surface area contributed by atoms with Crippen LogP contribution in [0.3, 0.4) is 0 Å². The predicted molar refractivity (Wildman–Crippen MR) is 102 cm³/mol. The van der Waals surface area contributed by atoms with Gasteiger partial charge in [0.05, 0.1) is 0 Å². The minimum absolute atomic E-state index is 0.110. The number of hydrogen-bond acceptors (Lipinski definition) is 2. The van der Waals surface area contributed by atoms with E-state index in [9.17, 15) is 9.59 Å². The second kappa shape index (κ2) is 7.10. The number of allylic oxidation sites excluding steroid dienone is 3. The Morgan fingerprint density at radius 3 is 2.58 bits per heavy atom. The Bertz CT molecular complexity index is 730. The second-order valence-electron chi connectivity index (χ2n) is 7.83. The van der Waals surface area contributed by atoms with Crippen LogP contribution < -0.4 is 5.32 Å². The number of nitrogens with one attached hydrogen (secondary N) is 1. The summed E-state index contributed by atoms with van der Waals surface area (Å²) in [5.41, 5.74) is 0.892. The molecule has 26 heavy (non-hydrogen) atoms. The third kappa shape index (κ3) is 3.46. The summed E-state index contributed by atoms with van der Waals surface area (Å²) in [6.45, 7) is 2.24. The lowest BCUT2D eigenvalue weighted by molar-refractivity contribution is -0.123. The van der Waals surface area contributed by atoms with Crippen LogP contribution in [0.5, 0.6) is 0 Å². The molecule has 1 saturated carbocycles. The van der Waals surface area contributed by atoms with E-state index in [0.717, 1.165) is 50.9 Å². The highest BCUT2D eigenvalue weighted by atomic mass is 16.2. The molecule has 1 aromatic rings. The predicted octanol–water partition coefficient (Wildman–Crippen LogP) is 3.18. The summed E-state index contributed by atoms with van der Waals surface area (Å²) >= 11 is 0. The smallest absolute Gasteiger partial charge is 0.253 e. The number of amides is 2. The zero-order chi connectivity index (χ0) is 18.0. The molecule has 0 radical (unpaired) electrons. The summed E-state index contributed by atoms with van der Waals surface area (Å²) in [7, 11) is 0. The minimum atomic E-state index is 0.110. The van der Waals surface area contributed by atoms with Gasteiger partial charge < -0.3 is 10.2 Å². The molecule has 4 heteroatoms. The van der Waals surface area contributed by atoms with E-state index in [1.165, 1.54) is 0 Å². The number of hydrogen-bond donors (Lipinski definition) is 1. The van der Waals surface area contributed by atoms with Gasteiger partial charge in [-0.2, -0.15) is 0 Å². The molecular formula is C22H26N2O2. The monoisotopic (exact) mass is 350 g/mol. The van der Waals surface area contributed by atoms with E-state index in [4.69, 9.17) is 0 Å². The van der Waals surface area contributed by atoms with Crippen molar-refractivity contribution >= 4 is 11.8 Å². The number of benzene rings is 1. The molecule has 1 heterocycles. The van der Waals surface area contributed by atoms with E-state index < -0.39 is 0 Å². The lowest BCUT2D eigenvalue weighted by Gasteiger charge is -2.33. The van der Waals surface area contributed by atoms with Crippen LogP contribution in [0.2, 0.25) is 0 Å². The van der Waals surface area contributed by atoms with Gasteiger partial charge in [0, 0.05) is 31.1 Å². The molecule has 0 aromatic heterocycles. The van der Waals surface area contributed by atoms with Crippen LogP contribution in [-0.4, -0.2) is 36.3 Å². The van der Waals surface area contributed by atoms with Gasteiger partial charge in [0.15, 0.2) is 0 Å². The Morgan fingerprint density at radius 2 is 1.88 bits per heavy atom. The first-order valence-electron chi connectivity index (χ1n) is 9.63. The van der Waals surface area contributed by atoms with E-state index >= 15 is 0 Å². The number of likely N-dealkylation sites (tertiary alicyclic amines) is 1. The van der Waals surface area contributed by atoms with E-state index in [2.05, 4.69) is 29.6 Å². The molecule has 1 saturated heterocycles. The summed E-state index contributed by atoms with van der Waals surface area (Å²) in [5.74, 6) is 0.874. The number of carbonyl (C=O) groups is 2. The van der Waals surface area contributed by atoms with Gasteiger partial charge in [-0.1, -0.05) is 42.5 Å². The fraction of sp³-hybridized carbons (Fsp3) is 0.455. The van der Waals surface area contributed by atoms with Crippen molar-refractivity contribution in [3.8, 4) is 0 Å². The van der Waals surface area contributed by atoms with Crippen molar-refractivity contribution in [3.05, 3.63) is 60.2 Å². The van der Waals surface area contributed by atoms with Gasteiger partial charge in [0.1, 0.15) is 0 Å². The van der Waals surface area contributed by atoms with Gasteiger partial charge in [-0.05, 0) is 49.1 Å². The van der Waals surface area contributed by atoms with Crippen molar-refractivity contribution in [3.63, 3.8) is 0 Å². The van der Waals surface area contributed by atoms with Crippen LogP contribution in [0, 0.1) is 17.3 Å². The topological polar surface area (TPSA) is 49.4 Å². The Balaban J connectivity index is 1.26. The molecule has 1 spiro atoms. The maximum absolute atomic E-state index is 12.6. The molecule has 136 valence electrons. The maximum atomic E-state index is 12.6. The lowest BCUT2D eigenvalue weighted by Crippen LogP contribution is -2.41. The van der Waals surface area contributed by atoms with Crippen LogP contribution in [0.1, 0.15) is 36.0 Å². The molecule has 2 atom stereocenters. The third-order valence-electron chi connectivity index (χ3n) is 6.18. The van der Waals surface area contributed by atoms with Crippen LogP contribution in [0.4, 0.5) is 0 Å². The van der Waals surface area contributed by atoms with Crippen molar-refractivity contribution in [1.82, 2.24) is 10.2 Å². The van der Waals surface area contributed by atoms with E-state index in [1.54, 1.807) is 0 Å². The average Bonchev–Trinajstić information content (AvgIpc) is 3.41. The molecule has 2 fully saturated rings. The summed E-state index contributed by atoms with van der Waals surface area (Å²) in [4.78, 5) is 27.0. The summed E-state index contributed by atoms with van der Waals surface area (Å²) in [5, 5.41) is 3.14. The van der Waals surface area contributed by atoms with Crippen LogP contribution in [0.25, 0.3) is 0 Å². The number of carbonyl (C=O) groups excluding carboxylic acids is 2. The van der Waals surface area contributed by atoms with Crippen LogP contribution in [0.15, 0.2) is 54.6 Å². The van der Waals surface area contributed by atoms with Gasteiger partial charge in [0.2, 0.25) is 5.91 Å². The molecule has 1 aliphatic heterocycles. The molecule has 1 N–H and O–H groups in total. The average molecular weight is 350 g/mol. The van der Waals surface area contributed by atoms with Crippen LogP contribution in [-0.2, 0) is 4.79 Å². The van der Waals surface area contributed by atoms with Gasteiger partial charge in [0.25, 0.3) is 5.91 Å². The molecule has 4 nitrogen and oxygen atoms in total. The van der Waals surface area contributed by atoms with Crippen molar-refractivity contribution < 1.29 is 9.59 Å². The van der Waals surface area contributed by atoms with Crippen molar-refractivity contribution in [2.45, 2.75) is 25.7 Å². The molecule has 4 rings (SSSR count). The molecule has 2 unspecified atom stereocenters. The first-order valence-corrected chi connectivity index (χ1v) is 9.63. The van der Waals surface area contributed by atoms with Crippen molar-refractivity contribution in [1.29, 1.82) is 0 Å². The molecule has 2 amide bonds. The van der Waals surface area contributed by atoms with Gasteiger partial charge >= 0.3 is 0 Å². The number of piperidine rings is 1. The Morgan fingerprint density at radius 1 is 1.12 bits per heavy atom. The zero-order valence-electron chi connectivity index (χ0n) is 15.1. The SMILES string of the molecule is O=C(NCC1C=CC=CC1)C1CC12CCN(C(=O)c1ccccc1)CC2. The summed E-state index contributed by atoms with van der Waals surface area (Å²) < 4.78 is 0. The van der Waals surface area contributed by atoms with Gasteiger partial charge in [-0.3, -0.25) is 9.59 Å². The van der Waals surface area contributed by atoms with Crippen molar-refractivity contribution in [2.24, 2.45) is 17.3 Å². The quantitative estimate of drug-likeness (QED) is 0.907. The standard InChI is InChI=1S/C22H26N2O2/c25-20(23-16-17-7-3-1-4-8-17)19-15-22(19)11-13-24(14-12-22)21(26)18-9-5-2-6-10-18/h1-7,9-10,17,19H,8,11-16H2,(H,23,25).